The molecule has 4 heteroatoms. The maximum absolute atomic E-state index is 5.28. The largest absolute Gasteiger partial charge is 0.368 e. The molecule has 54 valence electrons. The summed E-state index contributed by atoms with van der Waals surface area (Å²) in [5, 5.41) is 2.98. The first-order chi connectivity index (χ1) is 4.83. The SMILES string of the molecule is CNCc1cnc(N)nc1. The van der Waals surface area contributed by atoms with E-state index in [9.17, 15) is 0 Å². The van der Waals surface area contributed by atoms with Crippen molar-refractivity contribution < 1.29 is 0 Å². The molecule has 0 aliphatic heterocycles. The van der Waals surface area contributed by atoms with Crippen LogP contribution in [0.3, 0.4) is 0 Å². The highest BCUT2D eigenvalue weighted by molar-refractivity contribution is 5.16. The molecule has 1 heterocycles. The second kappa shape index (κ2) is 3.12. The van der Waals surface area contributed by atoms with E-state index in [4.69, 9.17) is 5.73 Å². The molecule has 0 radical (unpaired) electrons. The lowest BCUT2D eigenvalue weighted by molar-refractivity contribution is 0.807. The molecule has 0 aromatic carbocycles. The van der Waals surface area contributed by atoms with Crippen molar-refractivity contribution in [1.82, 2.24) is 15.3 Å². The number of hydrogen-bond acceptors (Lipinski definition) is 4. The molecule has 1 rings (SSSR count). The molecule has 0 saturated heterocycles. The summed E-state index contributed by atoms with van der Waals surface area (Å²) in [6, 6.07) is 0. The molecule has 0 atom stereocenters. The van der Waals surface area contributed by atoms with Gasteiger partial charge in [0.2, 0.25) is 5.95 Å². The smallest absolute Gasteiger partial charge is 0.219 e. The van der Waals surface area contributed by atoms with E-state index in [0.717, 1.165) is 12.1 Å². The minimum absolute atomic E-state index is 0.319. The Morgan fingerprint density at radius 2 is 2.10 bits per heavy atom. The van der Waals surface area contributed by atoms with Crippen molar-refractivity contribution in [2.24, 2.45) is 0 Å². The zero-order valence-corrected chi connectivity index (χ0v) is 5.83. The zero-order valence-electron chi connectivity index (χ0n) is 5.83. The number of nitrogen functional groups attached to an aromatic ring is 1. The molecule has 0 amide bonds. The molecular weight excluding hydrogens is 128 g/mol. The third-order valence-electron chi connectivity index (χ3n) is 1.11. The van der Waals surface area contributed by atoms with Crippen LogP contribution < -0.4 is 11.1 Å². The fourth-order valence-electron chi connectivity index (χ4n) is 0.660. The Balaban J connectivity index is 2.69. The average molecular weight is 138 g/mol. The van der Waals surface area contributed by atoms with Gasteiger partial charge in [-0.15, -0.1) is 0 Å². The van der Waals surface area contributed by atoms with Crippen molar-refractivity contribution in [1.29, 1.82) is 0 Å². The first-order valence-electron chi connectivity index (χ1n) is 3.04. The highest BCUT2D eigenvalue weighted by Gasteiger charge is 1.90. The predicted octanol–water partition coefficient (Wildman–Crippen LogP) is -0.222. The molecule has 0 spiro atoms. The molecule has 3 N–H and O–H groups in total. The van der Waals surface area contributed by atoms with E-state index in [2.05, 4.69) is 15.3 Å². The second-order valence-corrected chi connectivity index (χ2v) is 1.98. The minimum Gasteiger partial charge on any atom is -0.368 e. The van der Waals surface area contributed by atoms with Crippen LogP contribution in [0.2, 0.25) is 0 Å². The first kappa shape index (κ1) is 6.95. The molecule has 0 saturated carbocycles. The summed E-state index contributed by atoms with van der Waals surface area (Å²) in [5.74, 6) is 0.319. The highest BCUT2D eigenvalue weighted by Crippen LogP contribution is 1.94. The van der Waals surface area contributed by atoms with Crippen LogP contribution in [0.4, 0.5) is 5.95 Å². The van der Waals surface area contributed by atoms with Gasteiger partial charge in [0, 0.05) is 24.5 Å². The zero-order chi connectivity index (χ0) is 7.40. The van der Waals surface area contributed by atoms with Gasteiger partial charge in [0.1, 0.15) is 0 Å². The van der Waals surface area contributed by atoms with Gasteiger partial charge >= 0.3 is 0 Å². The number of nitrogens with two attached hydrogens (primary N) is 1. The van der Waals surface area contributed by atoms with Gasteiger partial charge in [0.25, 0.3) is 0 Å². The van der Waals surface area contributed by atoms with Gasteiger partial charge in [-0.3, -0.25) is 0 Å². The summed E-state index contributed by atoms with van der Waals surface area (Å²) in [5.41, 5.74) is 6.32. The van der Waals surface area contributed by atoms with E-state index in [1.165, 1.54) is 0 Å². The Labute approximate surface area is 59.5 Å². The fraction of sp³-hybridized carbons (Fsp3) is 0.333. The summed E-state index contributed by atoms with van der Waals surface area (Å²) in [6.07, 6.45) is 3.41. The van der Waals surface area contributed by atoms with Crippen molar-refractivity contribution in [2.75, 3.05) is 12.8 Å². The Morgan fingerprint density at radius 1 is 1.50 bits per heavy atom. The van der Waals surface area contributed by atoms with Crippen molar-refractivity contribution in [2.45, 2.75) is 6.54 Å². The number of hydrogen-bond donors (Lipinski definition) is 2. The van der Waals surface area contributed by atoms with Gasteiger partial charge in [-0.2, -0.15) is 0 Å². The third-order valence-corrected chi connectivity index (χ3v) is 1.11. The topological polar surface area (TPSA) is 63.8 Å². The van der Waals surface area contributed by atoms with Crippen molar-refractivity contribution in [3.63, 3.8) is 0 Å². The van der Waals surface area contributed by atoms with Gasteiger partial charge in [-0.05, 0) is 7.05 Å². The molecule has 0 unspecified atom stereocenters. The minimum atomic E-state index is 0.319. The summed E-state index contributed by atoms with van der Waals surface area (Å²) >= 11 is 0. The Hall–Kier alpha value is -1.16. The standard InChI is InChI=1S/C6H10N4/c1-8-2-5-3-9-6(7)10-4-5/h3-4,8H,2H2,1H3,(H2,7,9,10). The van der Waals surface area contributed by atoms with Crippen LogP contribution >= 0.6 is 0 Å². The number of aromatic nitrogens is 2. The third kappa shape index (κ3) is 1.66. The van der Waals surface area contributed by atoms with Gasteiger partial charge in [0.05, 0.1) is 0 Å². The number of nitrogens with one attached hydrogen (secondary N) is 1. The number of rotatable bonds is 2. The molecule has 0 aliphatic carbocycles. The van der Waals surface area contributed by atoms with Gasteiger partial charge in [0.15, 0.2) is 0 Å². The average Bonchev–Trinajstić information content (AvgIpc) is 1.95. The van der Waals surface area contributed by atoms with Crippen molar-refractivity contribution in [3.8, 4) is 0 Å². The number of anilines is 1. The normalized spacial score (nSPS) is 9.70. The van der Waals surface area contributed by atoms with Crippen LogP contribution in [0.15, 0.2) is 12.4 Å². The highest BCUT2D eigenvalue weighted by atomic mass is 15.0. The Morgan fingerprint density at radius 3 is 2.60 bits per heavy atom. The van der Waals surface area contributed by atoms with Crippen LogP contribution in [0.1, 0.15) is 5.56 Å². The molecule has 1 aromatic rings. The van der Waals surface area contributed by atoms with Gasteiger partial charge in [-0.25, -0.2) is 9.97 Å². The maximum Gasteiger partial charge on any atom is 0.219 e. The fourth-order valence-corrected chi connectivity index (χ4v) is 0.660. The summed E-state index contributed by atoms with van der Waals surface area (Å²) in [7, 11) is 1.87. The molecule has 1 aromatic heterocycles. The van der Waals surface area contributed by atoms with Gasteiger partial charge < -0.3 is 11.1 Å². The van der Waals surface area contributed by atoms with Crippen LogP contribution in [-0.4, -0.2) is 17.0 Å². The van der Waals surface area contributed by atoms with E-state index in [0.29, 0.717) is 5.95 Å². The van der Waals surface area contributed by atoms with E-state index in [-0.39, 0.29) is 0 Å². The Bertz CT molecular complexity index is 193. The molecule has 0 fully saturated rings. The van der Waals surface area contributed by atoms with Crippen LogP contribution in [0, 0.1) is 0 Å². The molecule has 4 nitrogen and oxygen atoms in total. The van der Waals surface area contributed by atoms with Crippen molar-refractivity contribution in [3.05, 3.63) is 18.0 Å². The second-order valence-electron chi connectivity index (χ2n) is 1.98. The quantitative estimate of drug-likeness (QED) is 0.593. The summed E-state index contributed by atoms with van der Waals surface area (Å²) in [6.45, 7) is 0.778. The molecule has 0 aliphatic rings. The van der Waals surface area contributed by atoms with E-state index in [1.807, 2.05) is 7.05 Å². The lowest BCUT2D eigenvalue weighted by atomic mass is 10.3. The van der Waals surface area contributed by atoms with Crippen LogP contribution in [0.5, 0.6) is 0 Å². The maximum atomic E-state index is 5.28. The lowest BCUT2D eigenvalue weighted by Crippen LogP contribution is -2.06. The molecule has 10 heavy (non-hydrogen) atoms. The summed E-state index contributed by atoms with van der Waals surface area (Å²) < 4.78 is 0. The van der Waals surface area contributed by atoms with Crippen LogP contribution in [-0.2, 0) is 6.54 Å². The van der Waals surface area contributed by atoms with E-state index >= 15 is 0 Å². The van der Waals surface area contributed by atoms with Crippen molar-refractivity contribution >= 4 is 5.95 Å². The Kier molecular flexibility index (Phi) is 2.17. The first-order valence-corrected chi connectivity index (χ1v) is 3.04. The van der Waals surface area contributed by atoms with E-state index in [1.54, 1.807) is 12.4 Å². The van der Waals surface area contributed by atoms with Gasteiger partial charge in [-0.1, -0.05) is 0 Å². The predicted molar refractivity (Wildman–Crippen MR) is 39.2 cm³/mol. The lowest BCUT2D eigenvalue weighted by Gasteiger charge is -1.96. The molecular formula is C6H10N4. The van der Waals surface area contributed by atoms with Crippen LogP contribution in [0.25, 0.3) is 0 Å². The monoisotopic (exact) mass is 138 g/mol. The molecule has 0 bridgehead atoms. The summed E-state index contributed by atoms with van der Waals surface area (Å²) in [4.78, 5) is 7.65. The number of nitrogens with zero attached hydrogens (tertiary/aromatic N) is 2. The van der Waals surface area contributed by atoms with E-state index < -0.39 is 0 Å².